The summed E-state index contributed by atoms with van der Waals surface area (Å²) in [7, 11) is 1.79. The minimum Gasteiger partial charge on any atom is -0.381 e. The first-order valence-corrected chi connectivity index (χ1v) is 9.24. The Labute approximate surface area is 179 Å². The zero-order chi connectivity index (χ0) is 18.5. The van der Waals surface area contributed by atoms with Crippen molar-refractivity contribution in [2.45, 2.75) is 39.3 Å². The number of nitrogens with one attached hydrogen (secondary N) is 2. The number of aliphatic imine (C=N–C) groups is 1. The first-order valence-electron chi connectivity index (χ1n) is 9.24. The predicted octanol–water partition coefficient (Wildman–Crippen LogP) is 2.82. The quantitative estimate of drug-likeness (QED) is 0.221. The molecule has 150 valence electrons. The fourth-order valence-corrected chi connectivity index (χ4v) is 2.48. The lowest BCUT2D eigenvalue weighted by Gasteiger charge is -2.12. The third-order valence-corrected chi connectivity index (χ3v) is 3.89. The average molecular weight is 486 g/mol. The molecule has 7 nitrogen and oxygen atoms in total. The Balaban J connectivity index is 0.00000364. The summed E-state index contributed by atoms with van der Waals surface area (Å²) in [5.41, 5.74) is 2.40. The van der Waals surface area contributed by atoms with E-state index >= 15 is 0 Å². The Hall–Kier alpha value is -1.68. The summed E-state index contributed by atoms with van der Waals surface area (Å²) in [6, 6.07) is 8.43. The third kappa shape index (κ3) is 9.71. The van der Waals surface area contributed by atoms with Crippen LogP contribution in [0.5, 0.6) is 0 Å². The maximum Gasteiger partial charge on any atom is 0.191 e. The first-order chi connectivity index (χ1) is 12.8. The summed E-state index contributed by atoms with van der Waals surface area (Å²) >= 11 is 0. The standard InChI is InChI=1S/C19H30N6O.HI/c1-3-4-10-26-11-6-9-22-19(20-2)23-13-17-7-5-8-18(12-17)14-25-16-21-15-24-25;/h5,7-8,12,15-16H,3-4,6,9-11,13-14H2,1-2H3,(H2,20,22,23);1H. The summed E-state index contributed by atoms with van der Waals surface area (Å²) in [6.45, 7) is 6.10. The molecular formula is C19H31IN6O. The molecule has 0 aliphatic heterocycles. The monoisotopic (exact) mass is 486 g/mol. The van der Waals surface area contributed by atoms with Crippen LogP contribution in [0.2, 0.25) is 0 Å². The van der Waals surface area contributed by atoms with Crippen molar-refractivity contribution in [3.05, 3.63) is 48.0 Å². The minimum absolute atomic E-state index is 0. The van der Waals surface area contributed by atoms with Gasteiger partial charge in [-0.05, 0) is 24.0 Å². The van der Waals surface area contributed by atoms with Crippen molar-refractivity contribution in [3.63, 3.8) is 0 Å². The van der Waals surface area contributed by atoms with Crippen LogP contribution < -0.4 is 10.6 Å². The number of aromatic nitrogens is 3. The number of unbranched alkanes of at least 4 members (excludes halogenated alkanes) is 1. The van der Waals surface area contributed by atoms with Gasteiger partial charge in [0.1, 0.15) is 12.7 Å². The van der Waals surface area contributed by atoms with E-state index in [4.69, 9.17) is 4.74 Å². The maximum atomic E-state index is 5.56. The summed E-state index contributed by atoms with van der Waals surface area (Å²) in [4.78, 5) is 8.24. The molecule has 0 radical (unpaired) electrons. The lowest BCUT2D eigenvalue weighted by Crippen LogP contribution is -2.37. The fraction of sp³-hybridized carbons (Fsp3) is 0.526. The molecule has 0 bridgehead atoms. The number of hydrogen-bond donors (Lipinski definition) is 2. The van der Waals surface area contributed by atoms with Crippen molar-refractivity contribution < 1.29 is 4.74 Å². The Kier molecular flexibility index (Phi) is 12.4. The van der Waals surface area contributed by atoms with Gasteiger partial charge in [-0.15, -0.1) is 24.0 Å². The van der Waals surface area contributed by atoms with Crippen LogP contribution in [-0.4, -0.2) is 47.5 Å². The van der Waals surface area contributed by atoms with E-state index in [1.165, 1.54) is 17.5 Å². The topological polar surface area (TPSA) is 76.4 Å². The summed E-state index contributed by atoms with van der Waals surface area (Å²) in [5.74, 6) is 0.806. The molecule has 27 heavy (non-hydrogen) atoms. The molecule has 1 aromatic heterocycles. The van der Waals surface area contributed by atoms with Gasteiger partial charge in [-0.25, -0.2) is 9.67 Å². The molecule has 0 saturated heterocycles. The van der Waals surface area contributed by atoms with Crippen LogP contribution in [0.25, 0.3) is 0 Å². The van der Waals surface area contributed by atoms with E-state index in [0.717, 1.165) is 51.6 Å². The molecule has 0 unspecified atom stereocenters. The molecule has 8 heteroatoms. The molecule has 0 amide bonds. The molecule has 1 heterocycles. The highest BCUT2D eigenvalue weighted by molar-refractivity contribution is 14.0. The second-order valence-electron chi connectivity index (χ2n) is 6.09. The highest BCUT2D eigenvalue weighted by Gasteiger charge is 2.01. The first kappa shape index (κ1) is 23.4. The molecular weight excluding hydrogens is 455 g/mol. The summed E-state index contributed by atoms with van der Waals surface area (Å²) in [6.07, 6.45) is 6.55. The molecule has 0 aliphatic rings. The van der Waals surface area contributed by atoms with Gasteiger partial charge in [0.2, 0.25) is 0 Å². The maximum absolute atomic E-state index is 5.56. The zero-order valence-corrected chi connectivity index (χ0v) is 18.6. The van der Waals surface area contributed by atoms with Gasteiger partial charge in [-0.2, -0.15) is 5.10 Å². The lowest BCUT2D eigenvalue weighted by molar-refractivity contribution is 0.129. The zero-order valence-electron chi connectivity index (χ0n) is 16.2. The van der Waals surface area contributed by atoms with Crippen LogP contribution in [0, 0.1) is 0 Å². The summed E-state index contributed by atoms with van der Waals surface area (Å²) < 4.78 is 7.38. The van der Waals surface area contributed by atoms with Crippen LogP contribution in [-0.2, 0) is 17.8 Å². The van der Waals surface area contributed by atoms with E-state index in [0.29, 0.717) is 0 Å². The normalized spacial score (nSPS) is 11.1. The molecule has 2 rings (SSSR count). The van der Waals surface area contributed by atoms with Crippen molar-refractivity contribution >= 4 is 29.9 Å². The molecule has 0 fully saturated rings. The highest BCUT2D eigenvalue weighted by Crippen LogP contribution is 2.06. The Morgan fingerprint density at radius 1 is 1.19 bits per heavy atom. The van der Waals surface area contributed by atoms with Crippen molar-refractivity contribution in [2.75, 3.05) is 26.8 Å². The number of rotatable bonds is 11. The Morgan fingerprint density at radius 2 is 2.00 bits per heavy atom. The Bertz CT molecular complexity index is 647. The summed E-state index contributed by atoms with van der Waals surface area (Å²) in [5, 5.41) is 10.8. The van der Waals surface area contributed by atoms with Crippen LogP contribution in [0.3, 0.4) is 0 Å². The van der Waals surface area contributed by atoms with Gasteiger partial charge in [0, 0.05) is 33.4 Å². The third-order valence-electron chi connectivity index (χ3n) is 3.89. The van der Waals surface area contributed by atoms with Crippen molar-refractivity contribution in [1.82, 2.24) is 25.4 Å². The number of nitrogens with zero attached hydrogens (tertiary/aromatic N) is 4. The van der Waals surface area contributed by atoms with E-state index < -0.39 is 0 Å². The average Bonchev–Trinajstić information content (AvgIpc) is 3.17. The van der Waals surface area contributed by atoms with E-state index in [2.05, 4.69) is 56.9 Å². The number of halogens is 1. The molecule has 1 aromatic carbocycles. The van der Waals surface area contributed by atoms with Gasteiger partial charge >= 0.3 is 0 Å². The second-order valence-corrected chi connectivity index (χ2v) is 6.09. The van der Waals surface area contributed by atoms with Crippen molar-refractivity contribution in [3.8, 4) is 0 Å². The van der Waals surface area contributed by atoms with E-state index in [9.17, 15) is 0 Å². The van der Waals surface area contributed by atoms with Gasteiger partial charge < -0.3 is 15.4 Å². The van der Waals surface area contributed by atoms with E-state index in [1.807, 2.05) is 4.68 Å². The predicted molar refractivity (Wildman–Crippen MR) is 120 cm³/mol. The van der Waals surface area contributed by atoms with Gasteiger partial charge in [-0.3, -0.25) is 4.99 Å². The molecule has 0 spiro atoms. The molecule has 0 aliphatic carbocycles. The minimum atomic E-state index is 0. The lowest BCUT2D eigenvalue weighted by atomic mass is 10.1. The smallest absolute Gasteiger partial charge is 0.191 e. The molecule has 2 aromatic rings. The van der Waals surface area contributed by atoms with Crippen LogP contribution >= 0.6 is 24.0 Å². The van der Waals surface area contributed by atoms with Gasteiger partial charge in [0.15, 0.2) is 5.96 Å². The van der Waals surface area contributed by atoms with E-state index in [1.54, 1.807) is 19.7 Å². The molecule has 0 saturated carbocycles. The van der Waals surface area contributed by atoms with Gasteiger partial charge in [0.25, 0.3) is 0 Å². The van der Waals surface area contributed by atoms with Crippen LogP contribution in [0.15, 0.2) is 41.9 Å². The van der Waals surface area contributed by atoms with Crippen molar-refractivity contribution in [2.24, 2.45) is 4.99 Å². The number of hydrogen-bond acceptors (Lipinski definition) is 4. The Morgan fingerprint density at radius 3 is 2.74 bits per heavy atom. The highest BCUT2D eigenvalue weighted by atomic mass is 127. The van der Waals surface area contributed by atoms with Crippen LogP contribution in [0.4, 0.5) is 0 Å². The second kappa shape index (κ2) is 14.4. The number of guanidine groups is 1. The van der Waals surface area contributed by atoms with Gasteiger partial charge in [-0.1, -0.05) is 37.6 Å². The fourth-order valence-electron chi connectivity index (χ4n) is 2.48. The SMILES string of the molecule is CCCCOCCCNC(=NC)NCc1cccc(Cn2cncn2)c1.I. The van der Waals surface area contributed by atoms with Crippen LogP contribution in [0.1, 0.15) is 37.3 Å². The molecule has 2 N–H and O–H groups in total. The number of ether oxygens (including phenoxy) is 1. The van der Waals surface area contributed by atoms with Crippen molar-refractivity contribution in [1.29, 1.82) is 0 Å². The van der Waals surface area contributed by atoms with E-state index in [-0.39, 0.29) is 24.0 Å². The van der Waals surface area contributed by atoms with Gasteiger partial charge in [0.05, 0.1) is 6.54 Å². The number of benzene rings is 1. The largest absolute Gasteiger partial charge is 0.381 e. The molecule has 0 atom stereocenters.